The van der Waals surface area contributed by atoms with Crippen molar-refractivity contribution in [2.45, 2.75) is 26.3 Å². The number of imide groups is 1. The average molecular weight is 294 g/mol. The van der Waals surface area contributed by atoms with Crippen molar-refractivity contribution in [3.8, 4) is 0 Å². The van der Waals surface area contributed by atoms with Crippen LogP contribution in [0.5, 0.6) is 0 Å². The van der Waals surface area contributed by atoms with Gasteiger partial charge in [-0.1, -0.05) is 30.3 Å². The number of hydrogen-bond acceptors (Lipinski definition) is 3. The van der Waals surface area contributed by atoms with E-state index in [0.29, 0.717) is 5.69 Å². The van der Waals surface area contributed by atoms with Crippen LogP contribution >= 0.6 is 0 Å². The standard InChI is InChI=1S/C18H18N2O2/c1-12-8-9-13(2)16(10-12)20-17(21)11-15(18(20)22)19-14-6-4-3-5-7-14/h3-10,15,19H,11H2,1-2H3/t15-/m1/s1. The topological polar surface area (TPSA) is 49.4 Å². The largest absolute Gasteiger partial charge is 0.373 e. The van der Waals surface area contributed by atoms with Crippen molar-refractivity contribution in [1.82, 2.24) is 0 Å². The number of nitrogens with zero attached hydrogens (tertiary/aromatic N) is 1. The summed E-state index contributed by atoms with van der Waals surface area (Å²) in [4.78, 5) is 26.2. The summed E-state index contributed by atoms with van der Waals surface area (Å²) in [6.07, 6.45) is 0.182. The van der Waals surface area contributed by atoms with E-state index in [2.05, 4.69) is 5.32 Å². The van der Waals surface area contributed by atoms with Gasteiger partial charge in [-0.25, -0.2) is 4.90 Å². The SMILES string of the molecule is Cc1ccc(C)c(N2C(=O)C[C@@H](Nc3ccccc3)C2=O)c1. The van der Waals surface area contributed by atoms with Crippen LogP contribution < -0.4 is 10.2 Å². The Balaban J connectivity index is 1.87. The zero-order valence-corrected chi connectivity index (χ0v) is 12.7. The Kier molecular flexibility index (Phi) is 3.67. The average Bonchev–Trinajstić information content (AvgIpc) is 2.77. The Hall–Kier alpha value is -2.62. The van der Waals surface area contributed by atoms with Crippen LogP contribution in [0.15, 0.2) is 48.5 Å². The van der Waals surface area contributed by atoms with Crippen LogP contribution in [0.25, 0.3) is 0 Å². The third-order valence-corrected chi connectivity index (χ3v) is 3.87. The summed E-state index contributed by atoms with van der Waals surface area (Å²) in [6, 6.07) is 14.8. The molecule has 3 rings (SSSR count). The van der Waals surface area contributed by atoms with Crippen LogP contribution in [-0.2, 0) is 9.59 Å². The lowest BCUT2D eigenvalue weighted by atomic mass is 10.1. The Labute approximate surface area is 129 Å². The van der Waals surface area contributed by atoms with E-state index >= 15 is 0 Å². The molecule has 112 valence electrons. The summed E-state index contributed by atoms with van der Waals surface area (Å²) < 4.78 is 0. The lowest BCUT2D eigenvalue weighted by Gasteiger charge is -2.18. The van der Waals surface area contributed by atoms with E-state index in [1.807, 2.05) is 62.4 Å². The maximum atomic E-state index is 12.6. The summed E-state index contributed by atoms with van der Waals surface area (Å²) in [6.45, 7) is 3.86. The minimum atomic E-state index is -0.505. The van der Waals surface area contributed by atoms with Gasteiger partial charge in [-0.15, -0.1) is 0 Å². The molecule has 1 aliphatic heterocycles. The van der Waals surface area contributed by atoms with Crippen LogP contribution in [0, 0.1) is 13.8 Å². The zero-order valence-electron chi connectivity index (χ0n) is 12.7. The molecule has 4 nitrogen and oxygen atoms in total. The van der Waals surface area contributed by atoms with Crippen molar-refractivity contribution in [2.24, 2.45) is 0 Å². The highest BCUT2D eigenvalue weighted by molar-refractivity contribution is 6.23. The molecule has 1 atom stereocenters. The first kappa shape index (κ1) is 14.3. The van der Waals surface area contributed by atoms with Gasteiger partial charge < -0.3 is 5.32 Å². The second-order valence-corrected chi connectivity index (χ2v) is 5.62. The maximum Gasteiger partial charge on any atom is 0.256 e. The third-order valence-electron chi connectivity index (χ3n) is 3.87. The summed E-state index contributed by atoms with van der Waals surface area (Å²) >= 11 is 0. The van der Waals surface area contributed by atoms with E-state index in [1.165, 1.54) is 4.90 Å². The van der Waals surface area contributed by atoms with E-state index in [-0.39, 0.29) is 18.2 Å². The first-order chi connectivity index (χ1) is 10.6. The van der Waals surface area contributed by atoms with E-state index in [0.717, 1.165) is 16.8 Å². The number of benzene rings is 2. The minimum Gasteiger partial charge on any atom is -0.373 e. The number of aryl methyl sites for hydroxylation is 2. The summed E-state index contributed by atoms with van der Waals surface area (Å²) in [5, 5.41) is 3.14. The molecule has 2 aromatic rings. The van der Waals surface area contributed by atoms with Gasteiger partial charge in [0.15, 0.2) is 0 Å². The van der Waals surface area contributed by atoms with E-state index < -0.39 is 6.04 Å². The summed E-state index contributed by atoms with van der Waals surface area (Å²) in [5.41, 5.74) is 3.48. The number of amides is 2. The molecule has 1 saturated heterocycles. The van der Waals surface area contributed by atoms with Gasteiger partial charge in [-0.2, -0.15) is 0 Å². The quantitative estimate of drug-likeness (QED) is 0.885. The summed E-state index contributed by atoms with van der Waals surface area (Å²) in [7, 11) is 0. The fourth-order valence-electron chi connectivity index (χ4n) is 2.69. The maximum absolute atomic E-state index is 12.6. The molecule has 1 heterocycles. The monoisotopic (exact) mass is 294 g/mol. The van der Waals surface area contributed by atoms with E-state index in [4.69, 9.17) is 0 Å². The smallest absolute Gasteiger partial charge is 0.256 e. The first-order valence-corrected chi connectivity index (χ1v) is 7.32. The third kappa shape index (κ3) is 2.60. The molecule has 4 heteroatoms. The minimum absolute atomic E-state index is 0.160. The van der Waals surface area contributed by atoms with Crippen LogP contribution in [0.3, 0.4) is 0 Å². The molecular formula is C18H18N2O2. The molecule has 1 aliphatic rings. The second-order valence-electron chi connectivity index (χ2n) is 5.62. The molecule has 2 aromatic carbocycles. The predicted molar refractivity (Wildman–Crippen MR) is 86.9 cm³/mol. The first-order valence-electron chi connectivity index (χ1n) is 7.32. The normalized spacial score (nSPS) is 17.9. The Morgan fingerprint density at radius 1 is 1.05 bits per heavy atom. The number of para-hydroxylation sites is 1. The van der Waals surface area contributed by atoms with Crippen molar-refractivity contribution >= 4 is 23.2 Å². The van der Waals surface area contributed by atoms with Gasteiger partial charge in [0.25, 0.3) is 5.91 Å². The number of hydrogen-bond donors (Lipinski definition) is 1. The molecule has 0 radical (unpaired) electrons. The molecule has 0 unspecified atom stereocenters. The van der Waals surface area contributed by atoms with Crippen molar-refractivity contribution in [3.63, 3.8) is 0 Å². The van der Waals surface area contributed by atoms with Crippen LogP contribution in [0.1, 0.15) is 17.5 Å². The molecule has 22 heavy (non-hydrogen) atoms. The molecule has 1 fully saturated rings. The summed E-state index contributed by atoms with van der Waals surface area (Å²) in [5.74, 6) is -0.352. The lowest BCUT2D eigenvalue weighted by molar-refractivity contribution is -0.121. The predicted octanol–water partition coefficient (Wildman–Crippen LogP) is 3.05. The van der Waals surface area contributed by atoms with Crippen LogP contribution in [0.2, 0.25) is 0 Å². The lowest BCUT2D eigenvalue weighted by Crippen LogP contribution is -2.35. The van der Waals surface area contributed by atoms with Crippen molar-refractivity contribution in [1.29, 1.82) is 0 Å². The number of carbonyl (C=O) groups is 2. The van der Waals surface area contributed by atoms with Crippen LogP contribution in [0.4, 0.5) is 11.4 Å². The fourth-order valence-corrected chi connectivity index (χ4v) is 2.69. The highest BCUT2D eigenvalue weighted by Crippen LogP contribution is 2.28. The van der Waals surface area contributed by atoms with Gasteiger partial charge in [0.2, 0.25) is 5.91 Å². The Morgan fingerprint density at radius 3 is 2.50 bits per heavy atom. The van der Waals surface area contributed by atoms with Gasteiger partial charge >= 0.3 is 0 Å². The van der Waals surface area contributed by atoms with Gasteiger partial charge in [0.05, 0.1) is 12.1 Å². The number of nitrogens with one attached hydrogen (secondary N) is 1. The molecule has 0 aromatic heterocycles. The van der Waals surface area contributed by atoms with Gasteiger partial charge in [-0.3, -0.25) is 9.59 Å². The van der Waals surface area contributed by atoms with E-state index in [9.17, 15) is 9.59 Å². The highest BCUT2D eigenvalue weighted by Gasteiger charge is 2.40. The zero-order chi connectivity index (χ0) is 15.7. The van der Waals surface area contributed by atoms with Gasteiger partial charge in [0, 0.05) is 5.69 Å². The van der Waals surface area contributed by atoms with Crippen molar-refractivity contribution < 1.29 is 9.59 Å². The number of rotatable bonds is 3. The Bertz CT molecular complexity index is 725. The van der Waals surface area contributed by atoms with Gasteiger partial charge in [0.1, 0.15) is 6.04 Å². The number of anilines is 2. The van der Waals surface area contributed by atoms with Crippen molar-refractivity contribution in [2.75, 3.05) is 10.2 Å². The Morgan fingerprint density at radius 2 is 1.77 bits per heavy atom. The highest BCUT2D eigenvalue weighted by atomic mass is 16.2. The molecule has 0 bridgehead atoms. The molecule has 1 N–H and O–H groups in total. The number of carbonyl (C=O) groups excluding carboxylic acids is 2. The molecular weight excluding hydrogens is 276 g/mol. The fraction of sp³-hybridized carbons (Fsp3) is 0.222. The molecule has 0 aliphatic carbocycles. The van der Waals surface area contributed by atoms with E-state index in [1.54, 1.807) is 0 Å². The molecule has 0 spiro atoms. The molecule has 0 saturated carbocycles. The van der Waals surface area contributed by atoms with Crippen LogP contribution in [-0.4, -0.2) is 17.9 Å². The molecule has 2 amide bonds. The second kappa shape index (κ2) is 5.64. The van der Waals surface area contributed by atoms with Gasteiger partial charge in [-0.05, 0) is 43.2 Å². The van der Waals surface area contributed by atoms with Crippen molar-refractivity contribution in [3.05, 3.63) is 59.7 Å².